The van der Waals surface area contributed by atoms with E-state index in [0.717, 1.165) is 18.4 Å². The third-order valence-electron chi connectivity index (χ3n) is 3.73. The number of benzene rings is 2. The zero-order valence-corrected chi connectivity index (χ0v) is 9.48. The molecule has 1 unspecified atom stereocenters. The smallest absolute Gasteiger partial charge is 0.0793 e. The molecule has 2 atom stereocenters. The van der Waals surface area contributed by atoms with Gasteiger partial charge in [-0.2, -0.15) is 0 Å². The quantitative estimate of drug-likeness (QED) is 0.704. The van der Waals surface area contributed by atoms with E-state index in [1.165, 1.54) is 16.3 Å². The van der Waals surface area contributed by atoms with Gasteiger partial charge in [-0.3, -0.25) is 0 Å². The highest BCUT2D eigenvalue weighted by molar-refractivity contribution is 5.87. The molecule has 16 heavy (non-hydrogen) atoms. The van der Waals surface area contributed by atoms with E-state index in [9.17, 15) is 5.11 Å². The van der Waals surface area contributed by atoms with Crippen LogP contribution in [0, 0.1) is 0 Å². The molecule has 0 radical (unpaired) electrons. The van der Waals surface area contributed by atoms with Crippen LogP contribution in [-0.4, -0.2) is 5.11 Å². The minimum atomic E-state index is -0.268. The summed E-state index contributed by atoms with van der Waals surface area (Å²) in [6.45, 7) is 2.26. The summed E-state index contributed by atoms with van der Waals surface area (Å²) in [6.07, 6.45) is 1.71. The maximum atomic E-state index is 10.0. The van der Waals surface area contributed by atoms with E-state index in [0.29, 0.717) is 5.92 Å². The maximum Gasteiger partial charge on any atom is 0.0793 e. The molecule has 1 aliphatic carbocycles. The summed E-state index contributed by atoms with van der Waals surface area (Å²) >= 11 is 0. The van der Waals surface area contributed by atoms with Crippen LogP contribution in [0.5, 0.6) is 0 Å². The first kappa shape index (κ1) is 9.86. The molecular weight excluding hydrogens is 196 g/mol. The Kier molecular flexibility index (Phi) is 2.22. The maximum absolute atomic E-state index is 10.0. The molecule has 0 spiro atoms. The van der Waals surface area contributed by atoms with E-state index in [4.69, 9.17) is 0 Å². The third kappa shape index (κ3) is 1.35. The average Bonchev–Trinajstić information content (AvgIpc) is 2.33. The van der Waals surface area contributed by atoms with Crippen LogP contribution in [0.3, 0.4) is 0 Å². The zero-order chi connectivity index (χ0) is 11.1. The van der Waals surface area contributed by atoms with Gasteiger partial charge in [0.2, 0.25) is 0 Å². The monoisotopic (exact) mass is 212 g/mol. The Labute approximate surface area is 95.7 Å². The van der Waals surface area contributed by atoms with Crippen LogP contribution >= 0.6 is 0 Å². The predicted octanol–water partition coefficient (Wildman–Crippen LogP) is 3.77. The summed E-state index contributed by atoms with van der Waals surface area (Å²) in [5.74, 6) is 0.560. The molecule has 82 valence electrons. The predicted molar refractivity (Wildman–Crippen MR) is 66.6 cm³/mol. The Morgan fingerprint density at radius 3 is 2.75 bits per heavy atom. The minimum absolute atomic E-state index is 0.268. The fraction of sp³-hybridized carbons (Fsp3) is 0.333. The van der Waals surface area contributed by atoms with Crippen LogP contribution in [0.2, 0.25) is 0 Å². The molecule has 3 rings (SSSR count). The first-order valence-electron chi connectivity index (χ1n) is 5.97. The Morgan fingerprint density at radius 2 is 1.88 bits per heavy atom. The van der Waals surface area contributed by atoms with Gasteiger partial charge in [-0.25, -0.2) is 0 Å². The van der Waals surface area contributed by atoms with E-state index in [1.54, 1.807) is 0 Å². The van der Waals surface area contributed by atoms with Gasteiger partial charge in [0.25, 0.3) is 0 Å². The van der Waals surface area contributed by atoms with Crippen molar-refractivity contribution in [1.82, 2.24) is 0 Å². The second kappa shape index (κ2) is 3.60. The van der Waals surface area contributed by atoms with Gasteiger partial charge < -0.3 is 5.11 Å². The summed E-state index contributed by atoms with van der Waals surface area (Å²) in [4.78, 5) is 0. The lowest BCUT2D eigenvalue weighted by molar-refractivity contribution is 0.152. The topological polar surface area (TPSA) is 20.2 Å². The van der Waals surface area contributed by atoms with Crippen LogP contribution in [0.4, 0.5) is 0 Å². The molecule has 2 aromatic rings. The highest BCUT2D eigenvalue weighted by Crippen LogP contribution is 2.40. The minimum Gasteiger partial charge on any atom is -0.388 e. The number of aliphatic hydroxyl groups is 1. The van der Waals surface area contributed by atoms with Crippen molar-refractivity contribution in [3.05, 3.63) is 47.5 Å². The van der Waals surface area contributed by atoms with Crippen LogP contribution < -0.4 is 0 Å². The Balaban J connectivity index is 2.35. The lowest BCUT2D eigenvalue weighted by atomic mass is 9.79. The highest BCUT2D eigenvalue weighted by Gasteiger charge is 2.24. The van der Waals surface area contributed by atoms with Crippen molar-refractivity contribution >= 4 is 10.8 Å². The summed E-state index contributed by atoms with van der Waals surface area (Å²) < 4.78 is 0. The molecule has 0 aliphatic heterocycles. The normalized spacial score (nSPS) is 24.4. The second-order valence-electron chi connectivity index (χ2n) is 4.78. The van der Waals surface area contributed by atoms with Gasteiger partial charge in [-0.15, -0.1) is 0 Å². The van der Waals surface area contributed by atoms with E-state index in [2.05, 4.69) is 43.3 Å². The Bertz CT molecular complexity index is 530. The molecule has 0 fully saturated rings. The number of aliphatic hydroxyl groups excluding tert-OH is 1. The first-order chi connectivity index (χ1) is 7.77. The molecule has 1 aliphatic rings. The van der Waals surface area contributed by atoms with Crippen molar-refractivity contribution in [3.8, 4) is 0 Å². The van der Waals surface area contributed by atoms with Crippen LogP contribution in [-0.2, 0) is 0 Å². The first-order valence-corrected chi connectivity index (χ1v) is 5.97. The van der Waals surface area contributed by atoms with Gasteiger partial charge in [-0.05, 0) is 40.7 Å². The number of hydrogen-bond donors (Lipinski definition) is 1. The third-order valence-corrected chi connectivity index (χ3v) is 3.73. The summed E-state index contributed by atoms with van der Waals surface area (Å²) in [5.41, 5.74) is 2.49. The highest BCUT2D eigenvalue weighted by atomic mass is 16.3. The molecule has 0 aromatic heterocycles. The van der Waals surface area contributed by atoms with Gasteiger partial charge >= 0.3 is 0 Å². The van der Waals surface area contributed by atoms with E-state index in [1.807, 2.05) is 0 Å². The van der Waals surface area contributed by atoms with Gasteiger partial charge in [0.05, 0.1) is 6.10 Å². The molecule has 0 saturated carbocycles. The summed E-state index contributed by atoms with van der Waals surface area (Å²) in [7, 11) is 0. The largest absolute Gasteiger partial charge is 0.388 e. The number of hydrogen-bond acceptors (Lipinski definition) is 1. The Hall–Kier alpha value is -1.34. The summed E-state index contributed by atoms with van der Waals surface area (Å²) in [5, 5.41) is 12.6. The molecule has 0 heterocycles. The molecule has 1 N–H and O–H groups in total. The van der Waals surface area contributed by atoms with Crippen molar-refractivity contribution in [2.45, 2.75) is 31.8 Å². The fourth-order valence-corrected chi connectivity index (χ4v) is 2.86. The van der Waals surface area contributed by atoms with Crippen molar-refractivity contribution in [2.75, 3.05) is 0 Å². The zero-order valence-electron chi connectivity index (χ0n) is 9.48. The Morgan fingerprint density at radius 1 is 1.06 bits per heavy atom. The van der Waals surface area contributed by atoms with Crippen LogP contribution in [0.15, 0.2) is 36.4 Å². The van der Waals surface area contributed by atoms with Crippen LogP contribution in [0.1, 0.15) is 42.9 Å². The van der Waals surface area contributed by atoms with E-state index in [-0.39, 0.29) is 6.10 Å². The molecule has 0 saturated heterocycles. The fourth-order valence-electron chi connectivity index (χ4n) is 2.86. The van der Waals surface area contributed by atoms with Gasteiger partial charge in [0.1, 0.15) is 0 Å². The lowest BCUT2D eigenvalue weighted by Crippen LogP contribution is -2.12. The lowest BCUT2D eigenvalue weighted by Gasteiger charge is -2.28. The SMILES string of the molecule is CC1CC[C@H](O)c2ccc3ccccc3c21. The molecule has 1 heteroatoms. The van der Waals surface area contributed by atoms with Gasteiger partial charge in [-0.1, -0.05) is 43.3 Å². The standard InChI is InChI=1S/C15H16O/c1-10-6-9-14(16)13-8-7-11-4-2-3-5-12(11)15(10)13/h2-5,7-8,10,14,16H,6,9H2,1H3/t10?,14-/m0/s1. The van der Waals surface area contributed by atoms with Gasteiger partial charge in [0.15, 0.2) is 0 Å². The van der Waals surface area contributed by atoms with Crippen molar-refractivity contribution in [3.63, 3.8) is 0 Å². The number of rotatable bonds is 0. The van der Waals surface area contributed by atoms with E-state index >= 15 is 0 Å². The van der Waals surface area contributed by atoms with Crippen LogP contribution in [0.25, 0.3) is 10.8 Å². The molecule has 2 aromatic carbocycles. The van der Waals surface area contributed by atoms with Gasteiger partial charge in [0, 0.05) is 0 Å². The average molecular weight is 212 g/mol. The summed E-state index contributed by atoms with van der Waals surface area (Å²) in [6, 6.07) is 12.7. The molecule has 0 bridgehead atoms. The van der Waals surface area contributed by atoms with Crippen molar-refractivity contribution in [1.29, 1.82) is 0 Å². The number of fused-ring (bicyclic) bond motifs is 3. The second-order valence-corrected chi connectivity index (χ2v) is 4.78. The van der Waals surface area contributed by atoms with Crippen molar-refractivity contribution < 1.29 is 5.11 Å². The van der Waals surface area contributed by atoms with E-state index < -0.39 is 0 Å². The van der Waals surface area contributed by atoms with Crippen molar-refractivity contribution in [2.24, 2.45) is 0 Å². The molecule has 1 nitrogen and oxygen atoms in total. The molecular formula is C15H16O. The molecule has 0 amide bonds.